The van der Waals surface area contributed by atoms with E-state index in [0.29, 0.717) is 22.8 Å². The van der Waals surface area contributed by atoms with E-state index in [4.69, 9.17) is 17.3 Å². The molecule has 19 heavy (non-hydrogen) atoms. The summed E-state index contributed by atoms with van der Waals surface area (Å²) in [5.41, 5.74) is 6.92. The zero-order valence-electron chi connectivity index (χ0n) is 11.2. The SMILES string of the molecule is CC1CCN(CCC(=O)Nc2ccc(Cl)cc2N)C1. The van der Waals surface area contributed by atoms with E-state index in [1.54, 1.807) is 18.2 Å². The van der Waals surface area contributed by atoms with Gasteiger partial charge in [0, 0.05) is 24.5 Å². The molecular formula is C14H20ClN3O. The molecule has 1 atom stereocenters. The van der Waals surface area contributed by atoms with E-state index in [9.17, 15) is 4.79 Å². The van der Waals surface area contributed by atoms with E-state index in [1.807, 2.05) is 0 Å². The van der Waals surface area contributed by atoms with Crippen molar-refractivity contribution >= 4 is 28.9 Å². The van der Waals surface area contributed by atoms with Crippen LogP contribution < -0.4 is 11.1 Å². The largest absolute Gasteiger partial charge is 0.397 e. The fourth-order valence-electron chi connectivity index (χ4n) is 2.35. The molecule has 104 valence electrons. The van der Waals surface area contributed by atoms with Crippen LogP contribution in [0.5, 0.6) is 0 Å². The van der Waals surface area contributed by atoms with Crippen LogP contribution in [0.3, 0.4) is 0 Å². The molecule has 1 unspecified atom stereocenters. The lowest BCUT2D eigenvalue weighted by Gasteiger charge is -2.15. The van der Waals surface area contributed by atoms with Gasteiger partial charge in [-0.15, -0.1) is 0 Å². The van der Waals surface area contributed by atoms with E-state index in [2.05, 4.69) is 17.1 Å². The zero-order valence-corrected chi connectivity index (χ0v) is 11.9. The zero-order chi connectivity index (χ0) is 13.8. The van der Waals surface area contributed by atoms with Gasteiger partial charge < -0.3 is 16.0 Å². The Labute approximate surface area is 118 Å². The molecule has 4 nitrogen and oxygen atoms in total. The van der Waals surface area contributed by atoms with Crippen LogP contribution in [0, 0.1) is 5.92 Å². The Morgan fingerprint density at radius 1 is 1.58 bits per heavy atom. The molecule has 0 aliphatic carbocycles. The first-order chi connectivity index (χ1) is 9.04. The van der Waals surface area contributed by atoms with E-state index in [-0.39, 0.29) is 5.91 Å². The third-order valence-corrected chi connectivity index (χ3v) is 3.69. The van der Waals surface area contributed by atoms with Crippen molar-refractivity contribution in [2.24, 2.45) is 5.92 Å². The summed E-state index contributed by atoms with van der Waals surface area (Å²) >= 11 is 5.82. The van der Waals surface area contributed by atoms with Gasteiger partial charge >= 0.3 is 0 Å². The van der Waals surface area contributed by atoms with Crippen molar-refractivity contribution in [3.63, 3.8) is 0 Å². The number of likely N-dealkylation sites (tertiary alicyclic amines) is 1. The Balaban J connectivity index is 1.81. The molecule has 2 rings (SSSR count). The van der Waals surface area contributed by atoms with Gasteiger partial charge in [-0.2, -0.15) is 0 Å². The lowest BCUT2D eigenvalue weighted by Crippen LogP contribution is -2.25. The molecule has 0 radical (unpaired) electrons. The van der Waals surface area contributed by atoms with E-state index >= 15 is 0 Å². The van der Waals surface area contributed by atoms with Gasteiger partial charge in [-0.05, 0) is 37.1 Å². The molecule has 5 heteroatoms. The van der Waals surface area contributed by atoms with Gasteiger partial charge in [0.2, 0.25) is 5.91 Å². The number of rotatable bonds is 4. The van der Waals surface area contributed by atoms with Crippen LogP contribution in [0.2, 0.25) is 5.02 Å². The van der Waals surface area contributed by atoms with Crippen molar-refractivity contribution in [3.8, 4) is 0 Å². The van der Waals surface area contributed by atoms with Crippen molar-refractivity contribution in [3.05, 3.63) is 23.2 Å². The van der Waals surface area contributed by atoms with Crippen LogP contribution in [-0.4, -0.2) is 30.4 Å². The number of anilines is 2. The first-order valence-corrected chi connectivity index (χ1v) is 6.99. The molecule has 1 heterocycles. The number of nitrogens with zero attached hydrogens (tertiary/aromatic N) is 1. The standard InChI is InChI=1S/C14H20ClN3O/c1-10-4-6-18(9-10)7-5-14(19)17-13-3-2-11(15)8-12(13)16/h2-3,8,10H,4-7,9,16H2,1H3,(H,17,19). The number of halogens is 1. The normalized spacial score (nSPS) is 19.6. The molecule has 1 aliphatic rings. The number of nitrogens with two attached hydrogens (primary N) is 1. The molecule has 0 aromatic heterocycles. The summed E-state index contributed by atoms with van der Waals surface area (Å²) in [7, 11) is 0. The third-order valence-electron chi connectivity index (χ3n) is 3.45. The first-order valence-electron chi connectivity index (χ1n) is 6.62. The average Bonchev–Trinajstić information content (AvgIpc) is 2.76. The maximum atomic E-state index is 11.9. The predicted octanol–water partition coefficient (Wildman–Crippen LogP) is 2.59. The number of amides is 1. The Morgan fingerprint density at radius 3 is 3.00 bits per heavy atom. The van der Waals surface area contributed by atoms with E-state index in [0.717, 1.165) is 25.6 Å². The lowest BCUT2D eigenvalue weighted by atomic mass is 10.2. The van der Waals surface area contributed by atoms with Crippen molar-refractivity contribution in [1.82, 2.24) is 4.90 Å². The van der Waals surface area contributed by atoms with Crippen molar-refractivity contribution in [1.29, 1.82) is 0 Å². The average molecular weight is 282 g/mol. The molecule has 0 bridgehead atoms. The van der Waals surface area contributed by atoms with Crippen LogP contribution in [0.25, 0.3) is 0 Å². The number of benzene rings is 1. The van der Waals surface area contributed by atoms with Crippen molar-refractivity contribution < 1.29 is 4.79 Å². The summed E-state index contributed by atoms with van der Waals surface area (Å²) in [5.74, 6) is 0.739. The Bertz CT molecular complexity index is 464. The molecule has 1 fully saturated rings. The van der Waals surface area contributed by atoms with Crippen LogP contribution in [0.1, 0.15) is 19.8 Å². The minimum absolute atomic E-state index is 0.00595. The van der Waals surface area contributed by atoms with Gasteiger partial charge in [-0.1, -0.05) is 18.5 Å². The fourth-order valence-corrected chi connectivity index (χ4v) is 2.53. The monoisotopic (exact) mass is 281 g/mol. The van der Waals surface area contributed by atoms with Gasteiger partial charge in [0.05, 0.1) is 11.4 Å². The summed E-state index contributed by atoms with van der Waals surface area (Å²) < 4.78 is 0. The topological polar surface area (TPSA) is 58.4 Å². The molecule has 1 aromatic carbocycles. The first kappa shape index (κ1) is 14.2. The second-order valence-corrected chi connectivity index (χ2v) is 5.66. The summed E-state index contributed by atoms with van der Waals surface area (Å²) in [6.45, 7) is 5.24. The van der Waals surface area contributed by atoms with Crippen LogP contribution in [0.15, 0.2) is 18.2 Å². The highest BCUT2D eigenvalue weighted by atomic mass is 35.5. The van der Waals surface area contributed by atoms with Gasteiger partial charge in [-0.3, -0.25) is 4.79 Å². The molecular weight excluding hydrogens is 262 g/mol. The summed E-state index contributed by atoms with van der Waals surface area (Å²) in [6, 6.07) is 5.09. The summed E-state index contributed by atoms with van der Waals surface area (Å²) in [4.78, 5) is 14.2. The molecule has 1 aliphatic heterocycles. The van der Waals surface area contributed by atoms with Gasteiger partial charge in [0.25, 0.3) is 0 Å². The Morgan fingerprint density at radius 2 is 2.37 bits per heavy atom. The number of nitrogen functional groups attached to an aromatic ring is 1. The minimum atomic E-state index is -0.00595. The van der Waals surface area contributed by atoms with E-state index in [1.165, 1.54) is 6.42 Å². The molecule has 1 aromatic rings. The number of hydrogen-bond acceptors (Lipinski definition) is 3. The summed E-state index contributed by atoms with van der Waals surface area (Å²) in [5, 5.41) is 3.39. The van der Waals surface area contributed by atoms with Gasteiger partial charge in [0.1, 0.15) is 0 Å². The van der Waals surface area contributed by atoms with Gasteiger partial charge in [0.15, 0.2) is 0 Å². The molecule has 1 amide bonds. The second-order valence-electron chi connectivity index (χ2n) is 5.22. The third kappa shape index (κ3) is 4.11. The molecule has 1 saturated heterocycles. The number of carbonyl (C=O) groups is 1. The highest BCUT2D eigenvalue weighted by molar-refractivity contribution is 6.31. The molecule has 0 saturated carbocycles. The fraction of sp³-hybridized carbons (Fsp3) is 0.500. The predicted molar refractivity (Wildman–Crippen MR) is 79.3 cm³/mol. The van der Waals surface area contributed by atoms with Crippen LogP contribution >= 0.6 is 11.6 Å². The maximum Gasteiger partial charge on any atom is 0.225 e. The number of nitrogens with one attached hydrogen (secondary N) is 1. The smallest absolute Gasteiger partial charge is 0.225 e. The van der Waals surface area contributed by atoms with Crippen LogP contribution in [-0.2, 0) is 4.79 Å². The van der Waals surface area contributed by atoms with Gasteiger partial charge in [-0.25, -0.2) is 0 Å². The van der Waals surface area contributed by atoms with Crippen molar-refractivity contribution in [2.45, 2.75) is 19.8 Å². The quantitative estimate of drug-likeness (QED) is 0.834. The highest BCUT2D eigenvalue weighted by Gasteiger charge is 2.18. The summed E-state index contributed by atoms with van der Waals surface area (Å²) in [6.07, 6.45) is 1.72. The Kier molecular flexibility index (Phi) is 4.66. The molecule has 0 spiro atoms. The number of carbonyl (C=O) groups excluding carboxylic acids is 1. The number of hydrogen-bond donors (Lipinski definition) is 2. The molecule has 3 N–H and O–H groups in total. The maximum absolute atomic E-state index is 11.9. The van der Waals surface area contributed by atoms with Crippen molar-refractivity contribution in [2.75, 3.05) is 30.7 Å². The highest BCUT2D eigenvalue weighted by Crippen LogP contribution is 2.22. The van der Waals surface area contributed by atoms with Crippen LogP contribution in [0.4, 0.5) is 11.4 Å². The lowest BCUT2D eigenvalue weighted by molar-refractivity contribution is -0.116. The Hall–Kier alpha value is -1.26. The minimum Gasteiger partial charge on any atom is -0.397 e. The van der Waals surface area contributed by atoms with E-state index < -0.39 is 0 Å². The second kappa shape index (κ2) is 6.26.